The summed E-state index contributed by atoms with van der Waals surface area (Å²) in [5.41, 5.74) is 11.0. The second-order valence-electron chi connectivity index (χ2n) is 8.58. The van der Waals surface area contributed by atoms with Gasteiger partial charge in [0.05, 0.1) is 29.1 Å². The molecule has 0 saturated carbocycles. The Kier molecular flexibility index (Phi) is 6.44. The van der Waals surface area contributed by atoms with Crippen LogP contribution in [0.3, 0.4) is 0 Å². The molecule has 4 aromatic rings. The number of fused-ring (bicyclic) bond motifs is 1. The molecule has 11 nitrogen and oxygen atoms in total. The number of hydrogen-bond donors (Lipinski definition) is 3. The molecule has 1 aliphatic rings. The van der Waals surface area contributed by atoms with Gasteiger partial charge in [-0.05, 0) is 62.2 Å². The summed E-state index contributed by atoms with van der Waals surface area (Å²) in [5.74, 6) is 0.350. The molecule has 11 heteroatoms. The fraction of sp³-hybridized carbons (Fsp3) is 0.280. The Hall–Kier alpha value is -4.54. The molecule has 0 aliphatic carbocycles. The Morgan fingerprint density at radius 1 is 1.03 bits per heavy atom. The van der Waals surface area contributed by atoms with Gasteiger partial charge < -0.3 is 25.8 Å². The van der Waals surface area contributed by atoms with Gasteiger partial charge in [0, 0.05) is 32.2 Å². The third-order valence-electron chi connectivity index (χ3n) is 5.99. The molecule has 36 heavy (non-hydrogen) atoms. The van der Waals surface area contributed by atoms with Crippen molar-refractivity contribution in [1.82, 2.24) is 19.5 Å². The highest BCUT2D eigenvalue weighted by Crippen LogP contribution is 2.32. The number of nitrogens with two attached hydrogens (primary N) is 1. The largest absolute Gasteiger partial charge is 0.382 e. The number of carbonyl (C=O) groups excluding carboxylic acids is 1. The van der Waals surface area contributed by atoms with Gasteiger partial charge in [-0.1, -0.05) is 0 Å². The van der Waals surface area contributed by atoms with Gasteiger partial charge in [0.2, 0.25) is 11.9 Å². The second kappa shape index (κ2) is 9.98. The van der Waals surface area contributed by atoms with Crippen molar-refractivity contribution in [3.63, 3.8) is 0 Å². The lowest BCUT2D eigenvalue weighted by Gasteiger charge is -2.17. The number of carbonyl (C=O) groups is 1. The van der Waals surface area contributed by atoms with Crippen LogP contribution in [0.5, 0.6) is 0 Å². The average Bonchev–Trinajstić information content (AvgIpc) is 3.55. The van der Waals surface area contributed by atoms with Gasteiger partial charge in [-0.2, -0.15) is 20.2 Å². The summed E-state index contributed by atoms with van der Waals surface area (Å²) >= 11 is 0. The van der Waals surface area contributed by atoms with Crippen molar-refractivity contribution >= 4 is 57.3 Å². The SMILES string of the molecule is CCn1cnc2c(N)nc(Nc3cc(N=Nc4ccc(N5CCCC5)cc4)ccc3NC(C)=O)nc21. The average molecular weight is 485 g/mol. The molecule has 184 valence electrons. The molecule has 1 aliphatic heterocycles. The number of hydrogen-bond acceptors (Lipinski definition) is 9. The molecule has 0 spiro atoms. The van der Waals surface area contributed by atoms with E-state index in [1.165, 1.54) is 25.5 Å². The van der Waals surface area contributed by atoms with Crippen molar-refractivity contribution in [2.45, 2.75) is 33.2 Å². The number of azo groups is 1. The van der Waals surface area contributed by atoms with Crippen molar-refractivity contribution in [3.05, 3.63) is 48.8 Å². The second-order valence-corrected chi connectivity index (χ2v) is 8.58. The molecule has 4 N–H and O–H groups in total. The van der Waals surface area contributed by atoms with Crippen LogP contribution in [0.4, 0.5) is 40.2 Å². The molecule has 1 saturated heterocycles. The standard InChI is InChI=1S/C25H28N10O/c1-3-34-15-27-22-23(26)30-25(31-24(22)34)29-21-14-18(8-11-20(21)28-16(2)36)33-32-17-6-9-19(10-7-17)35-12-4-5-13-35/h6-11,14-15H,3-5,12-13H2,1-2H3,(H,28,36)(H3,26,29,30,31). The number of amides is 1. The summed E-state index contributed by atoms with van der Waals surface area (Å²) in [5, 5.41) is 14.8. The van der Waals surface area contributed by atoms with Crippen molar-refractivity contribution in [1.29, 1.82) is 0 Å². The summed E-state index contributed by atoms with van der Waals surface area (Å²) in [6.45, 7) is 6.33. The summed E-state index contributed by atoms with van der Waals surface area (Å²) in [7, 11) is 0. The zero-order chi connectivity index (χ0) is 25.1. The predicted molar refractivity (Wildman–Crippen MR) is 142 cm³/mol. The minimum absolute atomic E-state index is 0.203. The maximum atomic E-state index is 11.8. The highest BCUT2D eigenvalue weighted by atomic mass is 16.1. The Morgan fingerprint density at radius 3 is 2.47 bits per heavy atom. The molecule has 0 radical (unpaired) electrons. The molecule has 0 atom stereocenters. The Morgan fingerprint density at radius 2 is 1.75 bits per heavy atom. The molecular formula is C25H28N10O. The summed E-state index contributed by atoms with van der Waals surface area (Å²) in [4.78, 5) is 27.3. The Labute approximate surface area is 208 Å². The number of benzene rings is 2. The van der Waals surface area contributed by atoms with Crippen LogP contribution >= 0.6 is 0 Å². The highest BCUT2D eigenvalue weighted by molar-refractivity contribution is 5.94. The number of imidazole rings is 1. The van der Waals surface area contributed by atoms with E-state index in [1.807, 2.05) is 23.6 Å². The highest BCUT2D eigenvalue weighted by Gasteiger charge is 2.14. The lowest BCUT2D eigenvalue weighted by atomic mass is 10.2. The van der Waals surface area contributed by atoms with Gasteiger partial charge in [0.1, 0.15) is 5.52 Å². The minimum atomic E-state index is -0.203. The van der Waals surface area contributed by atoms with Crippen LogP contribution in [-0.4, -0.2) is 38.5 Å². The minimum Gasteiger partial charge on any atom is -0.382 e. The van der Waals surface area contributed by atoms with Gasteiger partial charge >= 0.3 is 0 Å². The molecule has 2 aromatic carbocycles. The number of aromatic nitrogens is 4. The van der Waals surface area contributed by atoms with Gasteiger partial charge in [0.25, 0.3) is 0 Å². The molecule has 3 heterocycles. The van der Waals surface area contributed by atoms with E-state index in [1.54, 1.807) is 24.5 Å². The first-order chi connectivity index (χ1) is 17.5. The quantitative estimate of drug-likeness (QED) is 0.308. The summed E-state index contributed by atoms with van der Waals surface area (Å²) in [6, 6.07) is 13.4. The molecular weight excluding hydrogens is 456 g/mol. The van der Waals surface area contributed by atoms with Crippen molar-refractivity contribution in [3.8, 4) is 0 Å². The molecule has 2 aromatic heterocycles. The lowest BCUT2D eigenvalue weighted by Crippen LogP contribution is -2.17. The van der Waals surface area contributed by atoms with Crippen molar-refractivity contribution in [2.24, 2.45) is 10.2 Å². The van der Waals surface area contributed by atoms with Crippen LogP contribution in [0.1, 0.15) is 26.7 Å². The third kappa shape index (κ3) is 4.95. The van der Waals surface area contributed by atoms with E-state index in [2.05, 4.69) is 52.8 Å². The topological polar surface area (TPSA) is 139 Å². The smallest absolute Gasteiger partial charge is 0.231 e. The number of nitrogens with zero attached hydrogens (tertiary/aromatic N) is 7. The summed E-state index contributed by atoms with van der Waals surface area (Å²) in [6.07, 6.45) is 4.15. The van der Waals surface area contributed by atoms with Crippen molar-refractivity contribution in [2.75, 3.05) is 34.4 Å². The van der Waals surface area contributed by atoms with E-state index in [-0.39, 0.29) is 17.7 Å². The van der Waals surface area contributed by atoms with Gasteiger partial charge in [-0.15, -0.1) is 0 Å². The third-order valence-corrected chi connectivity index (χ3v) is 5.99. The molecule has 1 fully saturated rings. The monoisotopic (exact) mass is 484 g/mol. The first-order valence-electron chi connectivity index (χ1n) is 11.9. The van der Waals surface area contributed by atoms with E-state index in [0.29, 0.717) is 34.8 Å². The molecule has 0 bridgehead atoms. The van der Waals surface area contributed by atoms with Crippen LogP contribution in [0.25, 0.3) is 11.2 Å². The Balaban J connectivity index is 1.41. The first kappa shape index (κ1) is 23.2. The molecule has 1 amide bonds. The number of nitrogens with one attached hydrogen (secondary N) is 2. The molecule has 5 rings (SSSR count). The maximum absolute atomic E-state index is 11.8. The fourth-order valence-electron chi connectivity index (χ4n) is 4.19. The first-order valence-corrected chi connectivity index (χ1v) is 11.9. The van der Waals surface area contributed by atoms with Crippen LogP contribution in [-0.2, 0) is 11.3 Å². The van der Waals surface area contributed by atoms with Crippen LogP contribution in [0.2, 0.25) is 0 Å². The predicted octanol–water partition coefficient (Wildman–Crippen LogP) is 5.15. The van der Waals surface area contributed by atoms with E-state index < -0.39 is 0 Å². The van der Waals surface area contributed by atoms with Gasteiger partial charge in [-0.25, -0.2) is 4.98 Å². The van der Waals surface area contributed by atoms with E-state index in [4.69, 9.17) is 5.73 Å². The van der Waals surface area contributed by atoms with Crippen LogP contribution in [0, 0.1) is 0 Å². The zero-order valence-corrected chi connectivity index (χ0v) is 20.3. The number of nitrogen functional groups attached to an aromatic ring is 1. The van der Waals surface area contributed by atoms with E-state index >= 15 is 0 Å². The number of aryl methyl sites for hydroxylation is 1. The van der Waals surface area contributed by atoms with Gasteiger partial charge in [-0.3, -0.25) is 4.79 Å². The van der Waals surface area contributed by atoms with Crippen molar-refractivity contribution < 1.29 is 4.79 Å². The fourth-order valence-corrected chi connectivity index (χ4v) is 4.19. The normalized spacial score (nSPS) is 13.6. The summed E-state index contributed by atoms with van der Waals surface area (Å²) < 4.78 is 1.88. The zero-order valence-electron chi connectivity index (χ0n) is 20.3. The Bertz CT molecular complexity index is 1420. The number of rotatable bonds is 7. The number of anilines is 5. The lowest BCUT2D eigenvalue weighted by molar-refractivity contribution is -0.114. The van der Waals surface area contributed by atoms with E-state index in [9.17, 15) is 4.79 Å². The molecule has 0 unspecified atom stereocenters. The van der Waals surface area contributed by atoms with E-state index in [0.717, 1.165) is 18.8 Å². The van der Waals surface area contributed by atoms with Crippen LogP contribution in [0.15, 0.2) is 59.0 Å². The van der Waals surface area contributed by atoms with Crippen LogP contribution < -0.4 is 21.3 Å². The van der Waals surface area contributed by atoms with Gasteiger partial charge in [0.15, 0.2) is 11.5 Å². The maximum Gasteiger partial charge on any atom is 0.231 e.